The third kappa shape index (κ3) is 3.38. The van der Waals surface area contributed by atoms with Crippen LogP contribution in [0.2, 0.25) is 0 Å². The summed E-state index contributed by atoms with van der Waals surface area (Å²) in [6.07, 6.45) is 4.31. The first kappa shape index (κ1) is 17.6. The third-order valence-corrected chi connectivity index (χ3v) is 7.99. The molecular weight excluding hydrogens is 372 g/mol. The maximum Gasteiger partial charge on any atom is 0.270 e. The van der Waals surface area contributed by atoms with Gasteiger partial charge in [0.15, 0.2) is 0 Å². The Kier molecular flexibility index (Phi) is 4.54. The molecule has 3 atom stereocenters. The number of sulfonamides is 1. The van der Waals surface area contributed by atoms with Crippen LogP contribution >= 0.6 is 11.3 Å². The molecule has 26 heavy (non-hydrogen) atoms. The molecule has 4 rings (SSSR count). The maximum absolute atomic E-state index is 12.6. The molecule has 2 aliphatic carbocycles. The molecule has 0 spiro atoms. The predicted octanol–water partition coefficient (Wildman–Crippen LogP) is 2.57. The van der Waals surface area contributed by atoms with Gasteiger partial charge < -0.3 is 0 Å². The lowest BCUT2D eigenvalue weighted by Gasteiger charge is -2.21. The highest BCUT2D eigenvalue weighted by Gasteiger charge is 2.41. The molecule has 9 heteroatoms. The number of hydrogen-bond acceptors (Lipinski definition) is 6. The van der Waals surface area contributed by atoms with Crippen molar-refractivity contribution < 1.29 is 13.2 Å². The summed E-state index contributed by atoms with van der Waals surface area (Å²) < 4.78 is 27.8. The molecule has 1 aromatic carbocycles. The lowest BCUT2D eigenvalue weighted by atomic mass is 9.96. The Morgan fingerprint density at radius 2 is 2.00 bits per heavy atom. The molecule has 2 aromatic rings. The smallest absolute Gasteiger partial charge is 0.270 e. The third-order valence-electron chi connectivity index (χ3n) is 5.29. The van der Waals surface area contributed by atoms with Gasteiger partial charge in [-0.1, -0.05) is 36.0 Å². The number of benzene rings is 1. The van der Waals surface area contributed by atoms with E-state index in [0.717, 1.165) is 36.2 Å². The van der Waals surface area contributed by atoms with Gasteiger partial charge in [-0.3, -0.25) is 10.1 Å². The second-order valence-corrected chi connectivity index (χ2v) is 9.91. The Bertz CT molecular complexity index is 941. The molecule has 0 aliphatic heterocycles. The Morgan fingerprint density at radius 1 is 1.19 bits per heavy atom. The minimum atomic E-state index is -3.71. The summed E-state index contributed by atoms with van der Waals surface area (Å²) in [5, 5.41) is 10.4. The number of nitrogens with one attached hydrogen (secondary N) is 2. The van der Waals surface area contributed by atoms with Gasteiger partial charge in [-0.25, -0.2) is 13.1 Å². The first-order valence-electron chi connectivity index (χ1n) is 8.65. The van der Waals surface area contributed by atoms with Crippen molar-refractivity contribution in [3.63, 3.8) is 0 Å². The van der Waals surface area contributed by atoms with Crippen molar-refractivity contribution in [2.75, 3.05) is 5.32 Å². The summed E-state index contributed by atoms with van der Waals surface area (Å²) in [7, 11) is -3.71. The van der Waals surface area contributed by atoms with Crippen LogP contribution in [-0.2, 0) is 10.0 Å². The number of nitrogens with zero attached hydrogens (tertiary/aromatic N) is 2. The monoisotopic (exact) mass is 392 g/mol. The van der Waals surface area contributed by atoms with E-state index in [1.54, 1.807) is 12.1 Å². The first-order valence-corrected chi connectivity index (χ1v) is 10.9. The minimum Gasteiger partial charge on any atom is -0.296 e. The second-order valence-electron chi connectivity index (χ2n) is 7.04. The SMILES string of the molecule is Cc1ccccc1C(=O)Nc1nnc(S(=O)(=O)N[C@H]2C[C@H]3CC[C@@H]2C3)s1. The molecule has 0 saturated heterocycles. The van der Waals surface area contributed by atoms with Crippen LogP contribution in [-0.4, -0.2) is 30.6 Å². The zero-order valence-corrected chi connectivity index (χ0v) is 15.9. The van der Waals surface area contributed by atoms with Crippen LogP contribution in [0.25, 0.3) is 0 Å². The summed E-state index contributed by atoms with van der Waals surface area (Å²) in [4.78, 5) is 12.3. The van der Waals surface area contributed by atoms with Crippen LogP contribution in [0.5, 0.6) is 0 Å². The van der Waals surface area contributed by atoms with E-state index in [-0.39, 0.29) is 21.4 Å². The van der Waals surface area contributed by atoms with E-state index in [1.807, 2.05) is 19.1 Å². The lowest BCUT2D eigenvalue weighted by Crippen LogP contribution is -2.38. The molecule has 1 aromatic heterocycles. The Labute approximate surface area is 156 Å². The quantitative estimate of drug-likeness (QED) is 0.762. The van der Waals surface area contributed by atoms with Crippen LogP contribution in [0.4, 0.5) is 5.13 Å². The molecule has 2 bridgehead atoms. The van der Waals surface area contributed by atoms with E-state index in [0.29, 0.717) is 17.4 Å². The van der Waals surface area contributed by atoms with Gasteiger partial charge in [-0.05, 0) is 49.7 Å². The van der Waals surface area contributed by atoms with E-state index in [9.17, 15) is 13.2 Å². The summed E-state index contributed by atoms with van der Waals surface area (Å²) >= 11 is 0.867. The molecular formula is C17H20N4O3S2. The van der Waals surface area contributed by atoms with E-state index < -0.39 is 10.0 Å². The fraction of sp³-hybridized carbons (Fsp3) is 0.471. The van der Waals surface area contributed by atoms with Gasteiger partial charge in [0.25, 0.3) is 15.9 Å². The zero-order valence-electron chi connectivity index (χ0n) is 14.3. The van der Waals surface area contributed by atoms with E-state index in [1.165, 1.54) is 6.42 Å². The molecule has 2 fully saturated rings. The number of rotatable bonds is 5. The normalized spacial score (nSPS) is 24.7. The van der Waals surface area contributed by atoms with E-state index in [2.05, 4.69) is 20.2 Å². The van der Waals surface area contributed by atoms with Crippen LogP contribution < -0.4 is 10.0 Å². The van der Waals surface area contributed by atoms with Gasteiger partial charge in [-0.15, -0.1) is 10.2 Å². The first-order chi connectivity index (χ1) is 12.4. The van der Waals surface area contributed by atoms with Crippen molar-refractivity contribution in [2.24, 2.45) is 11.8 Å². The van der Waals surface area contributed by atoms with Gasteiger partial charge in [0.2, 0.25) is 9.47 Å². The van der Waals surface area contributed by atoms with Gasteiger partial charge in [0.05, 0.1) is 0 Å². The number of carbonyl (C=O) groups is 1. The highest BCUT2D eigenvalue weighted by molar-refractivity contribution is 7.91. The highest BCUT2D eigenvalue weighted by Crippen LogP contribution is 2.44. The number of aromatic nitrogens is 2. The van der Waals surface area contributed by atoms with Gasteiger partial charge >= 0.3 is 0 Å². The van der Waals surface area contributed by atoms with E-state index in [4.69, 9.17) is 0 Å². The zero-order chi connectivity index (χ0) is 18.3. The highest BCUT2D eigenvalue weighted by atomic mass is 32.2. The molecule has 2 saturated carbocycles. The maximum atomic E-state index is 12.6. The lowest BCUT2D eigenvalue weighted by molar-refractivity contribution is 0.102. The molecule has 2 N–H and O–H groups in total. The standard InChI is InChI=1S/C17H20N4O3S2/c1-10-4-2-3-5-13(10)15(22)18-16-19-20-17(25-16)26(23,24)21-14-9-11-6-7-12(14)8-11/h2-5,11-12,14,21H,6-9H2,1H3,(H,18,19,22)/t11-,12+,14-/m0/s1. The van der Waals surface area contributed by atoms with Crippen LogP contribution in [0.1, 0.15) is 41.6 Å². The Hall–Kier alpha value is -1.84. The number of hydrogen-bond donors (Lipinski definition) is 2. The second kappa shape index (κ2) is 6.71. The van der Waals surface area contributed by atoms with E-state index >= 15 is 0 Å². The number of amides is 1. The number of carbonyl (C=O) groups excluding carboxylic acids is 1. The van der Waals surface area contributed by atoms with Gasteiger partial charge in [-0.2, -0.15) is 0 Å². The molecule has 7 nitrogen and oxygen atoms in total. The largest absolute Gasteiger partial charge is 0.296 e. The molecule has 2 aliphatic rings. The average molecular weight is 393 g/mol. The summed E-state index contributed by atoms with van der Waals surface area (Å²) in [6.45, 7) is 1.84. The summed E-state index contributed by atoms with van der Waals surface area (Å²) in [5.74, 6) is 0.748. The van der Waals surface area contributed by atoms with Crippen molar-refractivity contribution in [2.45, 2.75) is 43.0 Å². The van der Waals surface area contributed by atoms with Crippen LogP contribution in [0.3, 0.4) is 0 Å². The number of anilines is 1. The average Bonchev–Trinajstić information content (AvgIpc) is 3.31. The summed E-state index contributed by atoms with van der Waals surface area (Å²) in [6, 6.07) is 7.16. The Morgan fingerprint density at radius 3 is 2.69 bits per heavy atom. The predicted molar refractivity (Wildman–Crippen MR) is 98.6 cm³/mol. The molecule has 0 unspecified atom stereocenters. The van der Waals surface area contributed by atoms with Crippen molar-refractivity contribution in [3.05, 3.63) is 35.4 Å². The van der Waals surface area contributed by atoms with Crippen molar-refractivity contribution in [1.29, 1.82) is 0 Å². The van der Waals surface area contributed by atoms with Gasteiger partial charge in [0.1, 0.15) is 0 Å². The Balaban J connectivity index is 1.45. The van der Waals surface area contributed by atoms with Gasteiger partial charge in [0, 0.05) is 11.6 Å². The minimum absolute atomic E-state index is 0.00680. The molecule has 138 valence electrons. The molecule has 1 heterocycles. The van der Waals surface area contributed by atoms with Crippen molar-refractivity contribution in [1.82, 2.24) is 14.9 Å². The van der Waals surface area contributed by atoms with Crippen LogP contribution in [0, 0.1) is 18.8 Å². The topological polar surface area (TPSA) is 101 Å². The number of aryl methyl sites for hydroxylation is 1. The molecule has 0 radical (unpaired) electrons. The number of fused-ring (bicyclic) bond motifs is 2. The molecule has 1 amide bonds. The van der Waals surface area contributed by atoms with Crippen LogP contribution in [0.15, 0.2) is 28.6 Å². The fourth-order valence-corrected chi connectivity index (χ4v) is 6.23. The van der Waals surface area contributed by atoms with Crippen molar-refractivity contribution in [3.8, 4) is 0 Å². The fourth-order valence-electron chi connectivity index (χ4n) is 4.00. The van der Waals surface area contributed by atoms with Crippen molar-refractivity contribution >= 4 is 32.4 Å². The summed E-state index contributed by atoms with van der Waals surface area (Å²) in [5.41, 5.74) is 1.35.